The highest BCUT2D eigenvalue weighted by molar-refractivity contribution is 5.82. The van der Waals surface area contributed by atoms with Gasteiger partial charge in [0.25, 0.3) is 0 Å². The van der Waals surface area contributed by atoms with Crippen LogP contribution in [-0.4, -0.2) is 24.5 Å². The first-order valence-corrected chi connectivity index (χ1v) is 5.70. The molecule has 1 amide bonds. The number of nitrogens with one attached hydrogen (secondary N) is 2. The van der Waals surface area contributed by atoms with Gasteiger partial charge in [-0.3, -0.25) is 4.79 Å². The van der Waals surface area contributed by atoms with E-state index >= 15 is 0 Å². The van der Waals surface area contributed by atoms with Crippen molar-refractivity contribution in [2.45, 2.75) is 45.2 Å². The predicted molar refractivity (Wildman–Crippen MR) is 55.9 cm³/mol. The summed E-state index contributed by atoms with van der Waals surface area (Å²) in [7, 11) is 0. The second-order valence-corrected chi connectivity index (χ2v) is 5.01. The highest BCUT2D eigenvalue weighted by Crippen LogP contribution is 2.33. The lowest BCUT2D eigenvalue weighted by molar-refractivity contribution is -0.126. The van der Waals surface area contributed by atoms with Crippen molar-refractivity contribution in [2.24, 2.45) is 11.8 Å². The van der Waals surface area contributed by atoms with E-state index < -0.39 is 0 Å². The van der Waals surface area contributed by atoms with Crippen LogP contribution in [0.2, 0.25) is 0 Å². The van der Waals surface area contributed by atoms with Crippen LogP contribution in [0, 0.1) is 11.8 Å². The first kappa shape index (κ1) is 9.97. The summed E-state index contributed by atoms with van der Waals surface area (Å²) in [6, 6.07) is 0.528. The van der Waals surface area contributed by atoms with Crippen LogP contribution >= 0.6 is 0 Å². The van der Waals surface area contributed by atoms with Gasteiger partial charge < -0.3 is 10.6 Å². The summed E-state index contributed by atoms with van der Waals surface area (Å²) in [5, 5.41) is 6.46. The number of carbonyl (C=O) groups is 1. The maximum absolute atomic E-state index is 11.5. The first-order valence-electron chi connectivity index (χ1n) is 5.70. The molecular formula is C11H20N2O. The number of piperazine rings is 1. The molecule has 3 nitrogen and oxygen atoms in total. The Kier molecular flexibility index (Phi) is 2.77. The SMILES string of the molecule is CC(C)C1NC(CC2CC2)CNC1=O. The van der Waals surface area contributed by atoms with Gasteiger partial charge in [-0.15, -0.1) is 0 Å². The fraction of sp³-hybridized carbons (Fsp3) is 0.909. The lowest BCUT2D eigenvalue weighted by atomic mass is 9.98. The van der Waals surface area contributed by atoms with Gasteiger partial charge in [-0.05, 0) is 18.3 Å². The van der Waals surface area contributed by atoms with Crippen LogP contribution in [0.4, 0.5) is 0 Å². The number of carbonyl (C=O) groups excluding carboxylic acids is 1. The molecule has 2 atom stereocenters. The van der Waals surface area contributed by atoms with Crippen LogP contribution in [0.5, 0.6) is 0 Å². The molecule has 0 bridgehead atoms. The van der Waals surface area contributed by atoms with Crippen LogP contribution in [0.15, 0.2) is 0 Å². The van der Waals surface area contributed by atoms with Gasteiger partial charge in [0.2, 0.25) is 5.91 Å². The molecular weight excluding hydrogens is 176 g/mol. The predicted octanol–water partition coefficient (Wildman–Crippen LogP) is 0.899. The van der Waals surface area contributed by atoms with Crippen LogP contribution in [0.3, 0.4) is 0 Å². The monoisotopic (exact) mass is 196 g/mol. The summed E-state index contributed by atoms with van der Waals surface area (Å²) < 4.78 is 0. The number of hydrogen-bond donors (Lipinski definition) is 2. The zero-order valence-corrected chi connectivity index (χ0v) is 9.05. The topological polar surface area (TPSA) is 41.1 Å². The smallest absolute Gasteiger partial charge is 0.237 e. The minimum atomic E-state index is 0.0208. The van der Waals surface area contributed by atoms with Crippen molar-refractivity contribution in [3.05, 3.63) is 0 Å². The van der Waals surface area contributed by atoms with Gasteiger partial charge in [-0.2, -0.15) is 0 Å². The highest BCUT2D eigenvalue weighted by Gasteiger charge is 2.33. The Labute approximate surface area is 85.6 Å². The third kappa shape index (κ3) is 2.27. The van der Waals surface area contributed by atoms with Crippen molar-refractivity contribution in [3.8, 4) is 0 Å². The Morgan fingerprint density at radius 3 is 2.71 bits per heavy atom. The van der Waals surface area contributed by atoms with E-state index in [1.54, 1.807) is 0 Å². The molecule has 0 spiro atoms. The summed E-state index contributed by atoms with van der Waals surface area (Å²) in [4.78, 5) is 11.5. The zero-order chi connectivity index (χ0) is 10.1. The molecule has 14 heavy (non-hydrogen) atoms. The molecule has 2 aliphatic rings. The van der Waals surface area contributed by atoms with Crippen molar-refractivity contribution in [2.75, 3.05) is 6.54 Å². The van der Waals surface area contributed by atoms with E-state index in [4.69, 9.17) is 0 Å². The molecule has 2 N–H and O–H groups in total. The summed E-state index contributed by atoms with van der Waals surface area (Å²) in [6.45, 7) is 5.01. The van der Waals surface area contributed by atoms with Crippen LogP contribution in [0.25, 0.3) is 0 Å². The van der Waals surface area contributed by atoms with Crippen molar-refractivity contribution in [1.82, 2.24) is 10.6 Å². The van der Waals surface area contributed by atoms with Gasteiger partial charge in [-0.25, -0.2) is 0 Å². The van der Waals surface area contributed by atoms with E-state index in [0.717, 1.165) is 12.5 Å². The Hall–Kier alpha value is -0.570. The van der Waals surface area contributed by atoms with Gasteiger partial charge in [0.05, 0.1) is 6.04 Å². The van der Waals surface area contributed by atoms with Gasteiger partial charge in [0.15, 0.2) is 0 Å². The van der Waals surface area contributed by atoms with Gasteiger partial charge in [0, 0.05) is 12.6 Å². The summed E-state index contributed by atoms with van der Waals surface area (Å²) in [6.07, 6.45) is 4.01. The molecule has 1 aliphatic heterocycles. The average Bonchev–Trinajstić information content (AvgIpc) is 2.92. The summed E-state index contributed by atoms with van der Waals surface area (Å²) in [5.74, 6) is 1.49. The molecule has 2 unspecified atom stereocenters. The quantitative estimate of drug-likeness (QED) is 0.704. The molecule has 0 radical (unpaired) electrons. The normalized spacial score (nSPS) is 33.2. The van der Waals surface area contributed by atoms with Crippen LogP contribution in [0.1, 0.15) is 33.1 Å². The standard InChI is InChI=1S/C11H20N2O/c1-7(2)10-11(14)12-6-9(13-10)5-8-3-4-8/h7-10,13H,3-6H2,1-2H3,(H,12,14). The van der Waals surface area contributed by atoms with E-state index in [2.05, 4.69) is 24.5 Å². The van der Waals surface area contributed by atoms with Crippen LogP contribution < -0.4 is 10.6 Å². The van der Waals surface area contributed by atoms with E-state index in [9.17, 15) is 4.79 Å². The number of amides is 1. The molecule has 80 valence electrons. The van der Waals surface area contributed by atoms with E-state index in [1.165, 1.54) is 19.3 Å². The Bertz CT molecular complexity index is 223. The number of rotatable bonds is 3. The van der Waals surface area contributed by atoms with Gasteiger partial charge in [-0.1, -0.05) is 26.7 Å². The van der Waals surface area contributed by atoms with E-state index in [0.29, 0.717) is 12.0 Å². The van der Waals surface area contributed by atoms with Gasteiger partial charge in [0.1, 0.15) is 0 Å². The molecule has 0 aromatic carbocycles. The lowest BCUT2D eigenvalue weighted by Crippen LogP contribution is -2.60. The van der Waals surface area contributed by atoms with Crippen molar-refractivity contribution >= 4 is 5.91 Å². The maximum Gasteiger partial charge on any atom is 0.237 e. The van der Waals surface area contributed by atoms with Crippen molar-refractivity contribution in [3.63, 3.8) is 0 Å². The van der Waals surface area contributed by atoms with Crippen LogP contribution in [-0.2, 0) is 4.79 Å². The molecule has 1 saturated heterocycles. The highest BCUT2D eigenvalue weighted by atomic mass is 16.2. The third-order valence-corrected chi connectivity index (χ3v) is 3.20. The minimum absolute atomic E-state index is 0.0208. The van der Waals surface area contributed by atoms with E-state index in [1.807, 2.05) is 0 Å². The maximum atomic E-state index is 11.5. The molecule has 1 aliphatic carbocycles. The molecule has 0 aromatic rings. The summed E-state index contributed by atoms with van der Waals surface area (Å²) in [5.41, 5.74) is 0. The van der Waals surface area contributed by atoms with E-state index in [-0.39, 0.29) is 11.9 Å². The molecule has 1 heterocycles. The Balaban J connectivity index is 1.87. The molecule has 3 heteroatoms. The Morgan fingerprint density at radius 1 is 1.43 bits per heavy atom. The first-order chi connectivity index (χ1) is 6.66. The fourth-order valence-corrected chi connectivity index (χ4v) is 2.12. The fourth-order valence-electron chi connectivity index (χ4n) is 2.12. The Morgan fingerprint density at radius 2 is 2.14 bits per heavy atom. The third-order valence-electron chi connectivity index (χ3n) is 3.20. The van der Waals surface area contributed by atoms with Crippen molar-refractivity contribution < 1.29 is 4.79 Å². The number of hydrogen-bond acceptors (Lipinski definition) is 2. The molecule has 0 aromatic heterocycles. The molecule has 2 rings (SSSR count). The molecule has 1 saturated carbocycles. The average molecular weight is 196 g/mol. The molecule has 2 fully saturated rings. The largest absolute Gasteiger partial charge is 0.353 e. The van der Waals surface area contributed by atoms with Gasteiger partial charge >= 0.3 is 0 Å². The summed E-state index contributed by atoms with van der Waals surface area (Å²) >= 11 is 0. The minimum Gasteiger partial charge on any atom is -0.353 e. The second-order valence-electron chi connectivity index (χ2n) is 5.01. The van der Waals surface area contributed by atoms with Crippen molar-refractivity contribution in [1.29, 1.82) is 0 Å². The second kappa shape index (κ2) is 3.89. The lowest BCUT2D eigenvalue weighted by Gasteiger charge is -2.33. The zero-order valence-electron chi connectivity index (χ0n) is 9.05.